The van der Waals surface area contributed by atoms with Gasteiger partial charge in [-0.05, 0) is 19.1 Å². The Morgan fingerprint density at radius 1 is 1.53 bits per heavy atom. The van der Waals surface area contributed by atoms with Crippen molar-refractivity contribution in [3.63, 3.8) is 0 Å². The average Bonchev–Trinajstić information content (AvgIpc) is 2.35. The molecule has 1 fully saturated rings. The van der Waals surface area contributed by atoms with Crippen LogP contribution in [0.5, 0.6) is 0 Å². The minimum Gasteiger partial charge on any atom is -0.324 e. The third-order valence-electron chi connectivity index (χ3n) is 3.13. The van der Waals surface area contributed by atoms with Crippen molar-refractivity contribution in [2.45, 2.75) is 13.0 Å². The maximum Gasteiger partial charge on any atom is 0.238 e. The van der Waals surface area contributed by atoms with Crippen molar-refractivity contribution < 1.29 is 4.79 Å². The van der Waals surface area contributed by atoms with Crippen molar-refractivity contribution >= 4 is 35.6 Å². The molecule has 0 radical (unpaired) electrons. The topological polar surface area (TPSA) is 44.4 Å². The third-order valence-corrected chi connectivity index (χ3v) is 3.46. The van der Waals surface area contributed by atoms with Gasteiger partial charge in [-0.3, -0.25) is 9.69 Å². The average molecular weight is 304 g/mol. The number of anilines is 1. The molecular formula is C13H19Cl2N3O. The molecule has 19 heavy (non-hydrogen) atoms. The Labute approximate surface area is 124 Å². The molecule has 0 aliphatic carbocycles. The molecule has 0 spiro atoms. The molecule has 1 saturated heterocycles. The van der Waals surface area contributed by atoms with Gasteiger partial charge in [0.1, 0.15) is 0 Å². The van der Waals surface area contributed by atoms with Crippen LogP contribution in [-0.4, -0.2) is 43.0 Å². The maximum absolute atomic E-state index is 11.9. The van der Waals surface area contributed by atoms with E-state index in [0.29, 0.717) is 23.3 Å². The number of hydrogen-bond acceptors (Lipinski definition) is 3. The van der Waals surface area contributed by atoms with Crippen molar-refractivity contribution in [2.24, 2.45) is 0 Å². The van der Waals surface area contributed by atoms with Crippen molar-refractivity contribution in [2.75, 3.05) is 31.5 Å². The molecule has 106 valence electrons. The van der Waals surface area contributed by atoms with E-state index in [-0.39, 0.29) is 18.3 Å². The van der Waals surface area contributed by atoms with E-state index in [1.165, 1.54) is 0 Å². The highest BCUT2D eigenvalue weighted by molar-refractivity contribution is 6.33. The van der Waals surface area contributed by atoms with E-state index in [1.54, 1.807) is 12.1 Å². The first-order valence-electron chi connectivity index (χ1n) is 6.16. The summed E-state index contributed by atoms with van der Waals surface area (Å²) in [5, 5.41) is 6.72. The molecule has 1 aliphatic heterocycles. The summed E-state index contributed by atoms with van der Waals surface area (Å²) in [5.74, 6) is -0.0168. The van der Waals surface area contributed by atoms with Crippen molar-refractivity contribution in [3.05, 3.63) is 29.3 Å². The Morgan fingerprint density at radius 2 is 2.26 bits per heavy atom. The summed E-state index contributed by atoms with van der Waals surface area (Å²) < 4.78 is 0. The van der Waals surface area contributed by atoms with E-state index in [9.17, 15) is 4.79 Å². The van der Waals surface area contributed by atoms with Crippen LogP contribution in [0.2, 0.25) is 5.02 Å². The monoisotopic (exact) mass is 303 g/mol. The number of carbonyl (C=O) groups excluding carboxylic acids is 1. The Bertz CT molecular complexity index is 428. The lowest BCUT2D eigenvalue weighted by molar-refractivity contribution is -0.118. The van der Waals surface area contributed by atoms with Gasteiger partial charge in [-0.25, -0.2) is 0 Å². The van der Waals surface area contributed by atoms with Gasteiger partial charge in [0.2, 0.25) is 5.91 Å². The molecule has 2 N–H and O–H groups in total. The molecule has 4 nitrogen and oxygen atoms in total. The highest BCUT2D eigenvalue weighted by Crippen LogP contribution is 2.20. The first-order chi connectivity index (χ1) is 8.66. The van der Waals surface area contributed by atoms with Crippen LogP contribution in [0, 0.1) is 0 Å². The number of para-hydroxylation sites is 1. The minimum absolute atomic E-state index is 0. The Morgan fingerprint density at radius 3 is 2.95 bits per heavy atom. The van der Waals surface area contributed by atoms with Gasteiger partial charge in [-0.2, -0.15) is 0 Å². The quantitative estimate of drug-likeness (QED) is 0.897. The van der Waals surface area contributed by atoms with E-state index < -0.39 is 0 Å². The molecular weight excluding hydrogens is 285 g/mol. The molecule has 6 heteroatoms. The van der Waals surface area contributed by atoms with Crippen LogP contribution in [0.3, 0.4) is 0 Å². The summed E-state index contributed by atoms with van der Waals surface area (Å²) in [4.78, 5) is 14.1. The van der Waals surface area contributed by atoms with Gasteiger partial charge in [-0.1, -0.05) is 23.7 Å². The first kappa shape index (κ1) is 16.2. The largest absolute Gasteiger partial charge is 0.324 e. The Balaban J connectivity index is 0.00000180. The van der Waals surface area contributed by atoms with Crippen LogP contribution in [0.4, 0.5) is 5.69 Å². The van der Waals surface area contributed by atoms with Crippen molar-refractivity contribution in [3.8, 4) is 0 Å². The number of rotatable bonds is 3. The van der Waals surface area contributed by atoms with Gasteiger partial charge in [-0.15, -0.1) is 12.4 Å². The molecule has 1 aliphatic rings. The van der Waals surface area contributed by atoms with Crippen LogP contribution in [0.25, 0.3) is 0 Å². The molecule has 2 rings (SSSR count). The van der Waals surface area contributed by atoms with Crippen LogP contribution < -0.4 is 10.6 Å². The van der Waals surface area contributed by atoms with E-state index in [2.05, 4.69) is 22.5 Å². The van der Waals surface area contributed by atoms with Crippen LogP contribution >= 0.6 is 24.0 Å². The number of halogens is 2. The number of nitrogens with one attached hydrogen (secondary N) is 2. The van der Waals surface area contributed by atoms with Gasteiger partial charge < -0.3 is 10.6 Å². The van der Waals surface area contributed by atoms with Crippen LogP contribution in [0.1, 0.15) is 6.92 Å². The fourth-order valence-corrected chi connectivity index (χ4v) is 2.24. The van der Waals surface area contributed by atoms with E-state index in [1.807, 2.05) is 12.1 Å². The summed E-state index contributed by atoms with van der Waals surface area (Å²) in [6.07, 6.45) is 0. The predicted octanol–water partition coefficient (Wildman–Crippen LogP) is 1.99. The predicted molar refractivity (Wildman–Crippen MR) is 81.2 cm³/mol. The van der Waals surface area contributed by atoms with Crippen molar-refractivity contribution in [1.82, 2.24) is 10.2 Å². The van der Waals surface area contributed by atoms with Gasteiger partial charge in [0.25, 0.3) is 0 Å². The zero-order chi connectivity index (χ0) is 13.0. The second-order valence-corrected chi connectivity index (χ2v) is 4.96. The van der Waals surface area contributed by atoms with Gasteiger partial charge in [0, 0.05) is 25.7 Å². The fourth-order valence-electron chi connectivity index (χ4n) is 2.05. The maximum atomic E-state index is 11.9. The zero-order valence-corrected chi connectivity index (χ0v) is 12.4. The SMILES string of the molecule is C[C@H]1CNCCN1CC(=O)Nc1ccccc1Cl.Cl. The summed E-state index contributed by atoms with van der Waals surface area (Å²) in [6, 6.07) is 7.66. The molecule has 0 bridgehead atoms. The van der Waals surface area contributed by atoms with Crippen molar-refractivity contribution in [1.29, 1.82) is 0 Å². The normalized spacial score (nSPS) is 19.6. The van der Waals surface area contributed by atoms with Gasteiger partial charge in [0.15, 0.2) is 0 Å². The van der Waals surface area contributed by atoms with E-state index >= 15 is 0 Å². The number of amides is 1. The van der Waals surface area contributed by atoms with Crippen LogP contribution in [-0.2, 0) is 4.79 Å². The minimum atomic E-state index is -0.0168. The third kappa shape index (κ3) is 4.66. The standard InChI is InChI=1S/C13H18ClN3O.ClH/c1-10-8-15-6-7-17(10)9-13(18)16-12-5-3-2-4-11(12)14;/h2-5,10,15H,6-9H2,1H3,(H,16,18);1H/t10-;/m0./s1. The molecule has 1 amide bonds. The zero-order valence-electron chi connectivity index (χ0n) is 10.9. The van der Waals surface area contributed by atoms with Gasteiger partial charge >= 0.3 is 0 Å². The number of hydrogen-bond donors (Lipinski definition) is 2. The fraction of sp³-hybridized carbons (Fsp3) is 0.462. The van der Waals surface area contributed by atoms with Crippen LogP contribution in [0.15, 0.2) is 24.3 Å². The lowest BCUT2D eigenvalue weighted by Gasteiger charge is -2.33. The van der Waals surface area contributed by atoms with Gasteiger partial charge in [0.05, 0.1) is 17.3 Å². The summed E-state index contributed by atoms with van der Waals surface area (Å²) in [5.41, 5.74) is 0.673. The summed E-state index contributed by atoms with van der Waals surface area (Å²) in [7, 11) is 0. The van der Waals surface area contributed by atoms with E-state index in [4.69, 9.17) is 11.6 Å². The molecule has 1 aromatic rings. The Hall–Kier alpha value is -0.810. The number of carbonyl (C=O) groups is 1. The molecule has 1 atom stereocenters. The number of piperazine rings is 1. The molecule has 1 heterocycles. The summed E-state index contributed by atoms with van der Waals surface area (Å²) >= 11 is 6.00. The number of benzene rings is 1. The number of nitrogens with zero attached hydrogens (tertiary/aromatic N) is 1. The Kier molecular flexibility index (Phi) is 6.58. The smallest absolute Gasteiger partial charge is 0.238 e. The highest BCUT2D eigenvalue weighted by Gasteiger charge is 2.20. The first-order valence-corrected chi connectivity index (χ1v) is 6.54. The lowest BCUT2D eigenvalue weighted by Crippen LogP contribution is -2.51. The lowest BCUT2D eigenvalue weighted by atomic mass is 10.2. The molecule has 0 unspecified atom stereocenters. The van der Waals surface area contributed by atoms with E-state index in [0.717, 1.165) is 19.6 Å². The second-order valence-electron chi connectivity index (χ2n) is 4.55. The molecule has 0 aromatic heterocycles. The second kappa shape index (κ2) is 7.70. The molecule has 1 aromatic carbocycles. The highest BCUT2D eigenvalue weighted by atomic mass is 35.5. The molecule has 0 saturated carbocycles. The summed E-state index contributed by atoms with van der Waals surface area (Å²) in [6.45, 7) is 5.29.